The topological polar surface area (TPSA) is 55.3 Å². The highest BCUT2D eigenvalue weighted by atomic mass is 32.2. The molecular formula is C15H23N3O2S. The summed E-state index contributed by atoms with van der Waals surface area (Å²) in [5.74, 6) is 0.596. The SMILES string of the molecule is COCC[C@@H]1CCCCN1C(=O)CSc1nccc(C)n1. The molecule has 0 bridgehead atoms. The third kappa shape index (κ3) is 4.97. The number of rotatable bonds is 6. The number of hydrogen-bond acceptors (Lipinski definition) is 5. The van der Waals surface area contributed by atoms with Crippen molar-refractivity contribution in [3.05, 3.63) is 18.0 Å². The van der Waals surface area contributed by atoms with E-state index < -0.39 is 0 Å². The van der Waals surface area contributed by atoms with Gasteiger partial charge in [-0.15, -0.1) is 0 Å². The average Bonchev–Trinajstić information content (AvgIpc) is 2.51. The largest absolute Gasteiger partial charge is 0.385 e. The van der Waals surface area contributed by atoms with Gasteiger partial charge in [-0.25, -0.2) is 9.97 Å². The van der Waals surface area contributed by atoms with Crippen molar-refractivity contribution in [2.75, 3.05) is 26.0 Å². The summed E-state index contributed by atoms with van der Waals surface area (Å²) in [5.41, 5.74) is 0.927. The second-order valence-electron chi connectivity index (χ2n) is 5.29. The van der Waals surface area contributed by atoms with Gasteiger partial charge in [-0.1, -0.05) is 11.8 Å². The van der Waals surface area contributed by atoms with Crippen molar-refractivity contribution in [3.8, 4) is 0 Å². The van der Waals surface area contributed by atoms with Gasteiger partial charge >= 0.3 is 0 Å². The van der Waals surface area contributed by atoms with E-state index in [1.807, 2.05) is 17.9 Å². The van der Waals surface area contributed by atoms with Gasteiger partial charge in [0.2, 0.25) is 5.91 Å². The number of amides is 1. The van der Waals surface area contributed by atoms with E-state index in [-0.39, 0.29) is 5.91 Å². The molecule has 2 rings (SSSR count). The Bertz CT molecular complexity index is 470. The minimum atomic E-state index is 0.186. The summed E-state index contributed by atoms with van der Waals surface area (Å²) < 4.78 is 5.15. The lowest BCUT2D eigenvalue weighted by Gasteiger charge is -2.35. The van der Waals surface area contributed by atoms with Gasteiger partial charge in [0.15, 0.2) is 5.16 Å². The summed E-state index contributed by atoms with van der Waals surface area (Å²) >= 11 is 1.42. The third-order valence-electron chi connectivity index (χ3n) is 3.70. The van der Waals surface area contributed by atoms with Crippen molar-refractivity contribution in [2.45, 2.75) is 43.8 Å². The molecule has 5 nitrogen and oxygen atoms in total. The number of carbonyl (C=O) groups is 1. The Balaban J connectivity index is 1.88. The lowest BCUT2D eigenvalue weighted by Crippen LogP contribution is -2.45. The molecule has 0 unspecified atom stereocenters. The number of hydrogen-bond donors (Lipinski definition) is 0. The van der Waals surface area contributed by atoms with Crippen LogP contribution in [0, 0.1) is 6.92 Å². The second-order valence-corrected chi connectivity index (χ2v) is 6.23. The Morgan fingerprint density at radius 1 is 1.52 bits per heavy atom. The zero-order chi connectivity index (χ0) is 15.1. The molecule has 1 amide bonds. The highest BCUT2D eigenvalue weighted by Crippen LogP contribution is 2.22. The summed E-state index contributed by atoms with van der Waals surface area (Å²) in [4.78, 5) is 23.0. The molecule has 2 heterocycles. The van der Waals surface area contributed by atoms with Gasteiger partial charge in [0.05, 0.1) is 5.75 Å². The Morgan fingerprint density at radius 2 is 2.38 bits per heavy atom. The maximum absolute atomic E-state index is 12.4. The van der Waals surface area contributed by atoms with Crippen LogP contribution in [-0.4, -0.2) is 52.8 Å². The Labute approximate surface area is 130 Å². The van der Waals surface area contributed by atoms with E-state index >= 15 is 0 Å². The molecule has 0 aromatic carbocycles. The van der Waals surface area contributed by atoms with Crippen LogP contribution in [0.15, 0.2) is 17.4 Å². The minimum absolute atomic E-state index is 0.186. The molecule has 0 saturated carbocycles. The Kier molecular flexibility index (Phi) is 6.45. The first-order chi connectivity index (χ1) is 10.2. The molecule has 1 aliphatic heterocycles. The van der Waals surface area contributed by atoms with Gasteiger partial charge in [0, 0.05) is 38.2 Å². The predicted octanol–water partition coefficient (Wildman–Crippen LogP) is 2.29. The van der Waals surface area contributed by atoms with Crippen LogP contribution >= 0.6 is 11.8 Å². The van der Waals surface area contributed by atoms with E-state index in [2.05, 4.69) is 9.97 Å². The van der Waals surface area contributed by atoms with Crippen LogP contribution in [-0.2, 0) is 9.53 Å². The summed E-state index contributed by atoms with van der Waals surface area (Å²) in [6.07, 6.45) is 6.04. The van der Waals surface area contributed by atoms with Gasteiger partial charge in [-0.05, 0) is 38.7 Å². The number of piperidine rings is 1. The van der Waals surface area contributed by atoms with Crippen molar-refractivity contribution in [1.82, 2.24) is 14.9 Å². The standard InChI is InChI=1S/C15H23N3O2S/c1-12-6-8-16-15(17-12)21-11-14(19)18-9-4-3-5-13(18)7-10-20-2/h6,8,13H,3-5,7,9-11H2,1-2H3/t13-/m0/s1. The molecule has 0 aliphatic carbocycles. The Hall–Kier alpha value is -1.14. The average molecular weight is 309 g/mol. The first kappa shape index (κ1) is 16.2. The van der Waals surface area contributed by atoms with Gasteiger partial charge in [-0.2, -0.15) is 0 Å². The highest BCUT2D eigenvalue weighted by Gasteiger charge is 2.26. The lowest BCUT2D eigenvalue weighted by atomic mass is 10.00. The Morgan fingerprint density at radius 3 is 3.14 bits per heavy atom. The van der Waals surface area contributed by atoms with Crippen LogP contribution in [0.1, 0.15) is 31.4 Å². The fourth-order valence-electron chi connectivity index (χ4n) is 2.59. The summed E-state index contributed by atoms with van der Waals surface area (Å²) in [6.45, 7) is 3.50. The quantitative estimate of drug-likeness (QED) is 0.596. The normalized spacial score (nSPS) is 18.8. The monoisotopic (exact) mass is 309 g/mol. The number of aromatic nitrogens is 2. The van der Waals surface area contributed by atoms with Gasteiger partial charge in [0.1, 0.15) is 0 Å². The van der Waals surface area contributed by atoms with E-state index in [1.165, 1.54) is 18.2 Å². The maximum atomic E-state index is 12.4. The summed E-state index contributed by atoms with van der Waals surface area (Å²) in [5, 5.41) is 0.675. The molecule has 6 heteroatoms. The lowest BCUT2D eigenvalue weighted by molar-refractivity contribution is -0.132. The van der Waals surface area contributed by atoms with Crippen LogP contribution in [0.3, 0.4) is 0 Å². The molecule has 1 aliphatic rings. The fourth-order valence-corrected chi connectivity index (χ4v) is 3.35. The van der Waals surface area contributed by atoms with Crippen LogP contribution < -0.4 is 0 Å². The molecular weight excluding hydrogens is 286 g/mol. The number of carbonyl (C=O) groups excluding carboxylic acids is 1. The zero-order valence-electron chi connectivity index (χ0n) is 12.7. The molecule has 1 saturated heterocycles. The molecule has 116 valence electrons. The number of aryl methyl sites for hydroxylation is 1. The molecule has 1 aromatic rings. The third-order valence-corrected chi connectivity index (χ3v) is 4.55. The van der Waals surface area contributed by atoms with Crippen molar-refractivity contribution in [1.29, 1.82) is 0 Å². The van der Waals surface area contributed by atoms with E-state index in [4.69, 9.17) is 4.74 Å². The molecule has 1 aromatic heterocycles. The van der Waals surface area contributed by atoms with Crippen LogP contribution in [0.5, 0.6) is 0 Å². The number of nitrogens with zero attached hydrogens (tertiary/aromatic N) is 3. The van der Waals surface area contributed by atoms with Crippen LogP contribution in [0.2, 0.25) is 0 Å². The number of thioether (sulfide) groups is 1. The van der Waals surface area contributed by atoms with Crippen LogP contribution in [0.4, 0.5) is 0 Å². The summed E-state index contributed by atoms with van der Waals surface area (Å²) in [6, 6.07) is 2.18. The second kappa shape index (κ2) is 8.34. The molecule has 21 heavy (non-hydrogen) atoms. The first-order valence-electron chi connectivity index (χ1n) is 7.41. The first-order valence-corrected chi connectivity index (χ1v) is 8.40. The summed E-state index contributed by atoms with van der Waals surface area (Å²) in [7, 11) is 1.71. The van der Waals surface area contributed by atoms with Crippen molar-refractivity contribution in [2.24, 2.45) is 0 Å². The molecule has 0 spiro atoms. The van der Waals surface area contributed by atoms with E-state index in [0.29, 0.717) is 23.6 Å². The van der Waals surface area contributed by atoms with Gasteiger partial charge in [0.25, 0.3) is 0 Å². The van der Waals surface area contributed by atoms with Crippen molar-refractivity contribution >= 4 is 17.7 Å². The molecule has 0 radical (unpaired) electrons. The fraction of sp³-hybridized carbons (Fsp3) is 0.667. The van der Waals surface area contributed by atoms with Crippen molar-refractivity contribution in [3.63, 3.8) is 0 Å². The van der Waals surface area contributed by atoms with E-state index in [0.717, 1.165) is 31.5 Å². The molecule has 1 atom stereocenters. The van der Waals surface area contributed by atoms with Gasteiger partial charge < -0.3 is 9.64 Å². The smallest absolute Gasteiger partial charge is 0.233 e. The van der Waals surface area contributed by atoms with Crippen LogP contribution in [0.25, 0.3) is 0 Å². The predicted molar refractivity (Wildman–Crippen MR) is 83.3 cm³/mol. The molecule has 0 N–H and O–H groups in total. The molecule has 1 fully saturated rings. The van der Waals surface area contributed by atoms with Crippen molar-refractivity contribution < 1.29 is 9.53 Å². The number of ether oxygens (including phenoxy) is 1. The minimum Gasteiger partial charge on any atom is -0.385 e. The maximum Gasteiger partial charge on any atom is 0.233 e. The zero-order valence-corrected chi connectivity index (χ0v) is 13.6. The van der Waals surface area contributed by atoms with E-state index in [9.17, 15) is 4.79 Å². The van der Waals surface area contributed by atoms with Gasteiger partial charge in [-0.3, -0.25) is 4.79 Å². The number of methoxy groups -OCH3 is 1. The highest BCUT2D eigenvalue weighted by molar-refractivity contribution is 7.99. The van der Waals surface area contributed by atoms with E-state index in [1.54, 1.807) is 13.3 Å². The number of likely N-dealkylation sites (tertiary alicyclic amines) is 1.